The molecule has 1 heterocycles. The number of nitrogens with one attached hydrogen (secondary N) is 2. The first-order chi connectivity index (χ1) is 13.0. The van der Waals surface area contributed by atoms with Gasteiger partial charge in [0, 0.05) is 24.4 Å². The van der Waals surface area contributed by atoms with Gasteiger partial charge < -0.3 is 10.1 Å². The average Bonchev–Trinajstić information content (AvgIpc) is 3.20. The molecule has 1 aliphatic heterocycles. The van der Waals surface area contributed by atoms with Gasteiger partial charge in [0.2, 0.25) is 10.0 Å². The van der Waals surface area contributed by atoms with E-state index in [1.165, 1.54) is 24.3 Å². The Morgan fingerprint density at radius 1 is 1.22 bits per heavy atom. The molecule has 8 heteroatoms. The van der Waals surface area contributed by atoms with Crippen molar-refractivity contribution in [3.05, 3.63) is 59.7 Å². The number of benzene rings is 2. The largest absolute Gasteiger partial charge is 0.377 e. The van der Waals surface area contributed by atoms with Crippen LogP contribution in [-0.2, 0) is 14.8 Å². The lowest BCUT2D eigenvalue weighted by molar-refractivity contribution is 0.102. The Bertz CT molecular complexity index is 959. The second-order valence-corrected chi connectivity index (χ2v) is 7.92. The summed E-state index contributed by atoms with van der Waals surface area (Å²) in [5.41, 5.74) is 1.25. The molecule has 1 amide bonds. The van der Waals surface area contributed by atoms with Crippen molar-refractivity contribution in [2.45, 2.75) is 23.8 Å². The molecule has 1 aliphatic rings. The van der Waals surface area contributed by atoms with Gasteiger partial charge in [0.1, 0.15) is 0 Å². The van der Waals surface area contributed by atoms with E-state index in [1.807, 2.05) is 6.07 Å². The van der Waals surface area contributed by atoms with Crippen LogP contribution in [-0.4, -0.2) is 33.6 Å². The zero-order valence-corrected chi connectivity index (χ0v) is 15.3. The average molecular weight is 385 g/mol. The van der Waals surface area contributed by atoms with E-state index >= 15 is 0 Å². The van der Waals surface area contributed by atoms with E-state index in [-0.39, 0.29) is 23.5 Å². The Balaban J connectivity index is 1.65. The van der Waals surface area contributed by atoms with Crippen LogP contribution in [0.4, 0.5) is 5.69 Å². The van der Waals surface area contributed by atoms with Gasteiger partial charge in [-0.1, -0.05) is 6.07 Å². The maximum absolute atomic E-state index is 12.3. The topological polar surface area (TPSA) is 108 Å². The number of carbonyl (C=O) groups is 1. The second-order valence-electron chi connectivity index (χ2n) is 6.16. The molecule has 2 aromatic carbocycles. The number of rotatable bonds is 6. The molecule has 3 rings (SSSR count). The lowest BCUT2D eigenvalue weighted by Gasteiger charge is -2.12. The molecule has 7 nitrogen and oxygen atoms in total. The van der Waals surface area contributed by atoms with E-state index < -0.39 is 10.0 Å². The summed E-state index contributed by atoms with van der Waals surface area (Å²) in [6, 6.07) is 14.2. The van der Waals surface area contributed by atoms with Crippen molar-refractivity contribution in [2.24, 2.45) is 0 Å². The zero-order chi connectivity index (χ0) is 19.3. The second kappa shape index (κ2) is 8.31. The first-order valence-electron chi connectivity index (χ1n) is 8.51. The highest BCUT2D eigenvalue weighted by Crippen LogP contribution is 2.16. The lowest BCUT2D eigenvalue weighted by atomic mass is 10.2. The molecule has 0 saturated carbocycles. The molecule has 0 aliphatic carbocycles. The highest BCUT2D eigenvalue weighted by atomic mass is 32.2. The molecular weight excluding hydrogens is 366 g/mol. The standard InChI is InChI=1S/C19H19N3O4S/c20-12-14-3-1-4-16(11-14)22-19(23)15-6-8-18(9-7-15)27(24,25)21-13-17-5-2-10-26-17/h1,3-4,6-9,11,17,21H,2,5,10,13H2,(H,22,23). The molecule has 27 heavy (non-hydrogen) atoms. The SMILES string of the molecule is N#Cc1cccc(NC(=O)c2ccc(S(=O)(=O)NCC3CCCO3)cc2)c1. The summed E-state index contributed by atoms with van der Waals surface area (Å²) in [4.78, 5) is 12.4. The number of sulfonamides is 1. The molecule has 1 saturated heterocycles. The quantitative estimate of drug-likeness (QED) is 0.793. The minimum Gasteiger partial charge on any atom is -0.377 e. The smallest absolute Gasteiger partial charge is 0.255 e. The number of amides is 1. The Morgan fingerprint density at radius 3 is 2.67 bits per heavy atom. The van der Waals surface area contributed by atoms with Gasteiger partial charge in [-0.05, 0) is 55.3 Å². The molecule has 140 valence electrons. The number of nitrogens with zero attached hydrogens (tertiary/aromatic N) is 1. The van der Waals surface area contributed by atoms with E-state index in [2.05, 4.69) is 10.0 Å². The third kappa shape index (κ3) is 4.92. The molecule has 2 N–H and O–H groups in total. The van der Waals surface area contributed by atoms with Crippen molar-refractivity contribution < 1.29 is 17.9 Å². The van der Waals surface area contributed by atoms with Gasteiger partial charge in [-0.3, -0.25) is 4.79 Å². The van der Waals surface area contributed by atoms with Crippen LogP contribution in [0.5, 0.6) is 0 Å². The van der Waals surface area contributed by atoms with Crippen LogP contribution >= 0.6 is 0 Å². The van der Waals surface area contributed by atoms with Crippen molar-refractivity contribution in [3.63, 3.8) is 0 Å². The monoisotopic (exact) mass is 385 g/mol. The molecule has 2 aromatic rings. The van der Waals surface area contributed by atoms with Gasteiger partial charge in [-0.25, -0.2) is 13.1 Å². The normalized spacial score (nSPS) is 16.6. The van der Waals surface area contributed by atoms with Crippen molar-refractivity contribution in [3.8, 4) is 6.07 Å². The Hall–Kier alpha value is -2.73. The van der Waals surface area contributed by atoms with Gasteiger partial charge in [0.05, 0.1) is 22.6 Å². The first kappa shape index (κ1) is 19.0. The van der Waals surface area contributed by atoms with E-state index in [4.69, 9.17) is 10.00 Å². The highest BCUT2D eigenvalue weighted by molar-refractivity contribution is 7.89. The number of nitriles is 1. The molecule has 1 fully saturated rings. The summed E-state index contributed by atoms with van der Waals surface area (Å²) in [7, 11) is -3.66. The van der Waals surface area contributed by atoms with Crippen LogP contribution in [0, 0.1) is 11.3 Å². The molecular formula is C19H19N3O4S. The number of carbonyl (C=O) groups excluding carboxylic acids is 1. The Labute approximate surface area is 158 Å². The minimum atomic E-state index is -3.66. The molecule has 0 aromatic heterocycles. The van der Waals surface area contributed by atoms with Gasteiger partial charge in [0.25, 0.3) is 5.91 Å². The van der Waals surface area contributed by atoms with Gasteiger partial charge in [-0.15, -0.1) is 0 Å². The summed E-state index contributed by atoms with van der Waals surface area (Å²) in [6.45, 7) is 0.896. The maximum atomic E-state index is 12.3. The Morgan fingerprint density at radius 2 is 2.00 bits per heavy atom. The van der Waals surface area contributed by atoms with E-state index in [1.54, 1.807) is 24.3 Å². The zero-order valence-electron chi connectivity index (χ0n) is 14.5. The first-order valence-corrected chi connectivity index (χ1v) is 9.99. The molecule has 0 bridgehead atoms. The van der Waals surface area contributed by atoms with Crippen LogP contribution in [0.3, 0.4) is 0 Å². The highest BCUT2D eigenvalue weighted by Gasteiger charge is 2.20. The molecule has 1 unspecified atom stereocenters. The summed E-state index contributed by atoms with van der Waals surface area (Å²) < 4.78 is 32.6. The van der Waals surface area contributed by atoms with E-state index in [9.17, 15) is 13.2 Å². The van der Waals surface area contributed by atoms with Crippen LogP contribution in [0.1, 0.15) is 28.8 Å². The fourth-order valence-corrected chi connectivity index (χ4v) is 3.81. The molecule has 0 spiro atoms. The van der Waals surface area contributed by atoms with Gasteiger partial charge in [0.15, 0.2) is 0 Å². The minimum absolute atomic E-state index is 0.0866. The van der Waals surface area contributed by atoms with E-state index in [0.717, 1.165) is 12.8 Å². The number of ether oxygens (including phenoxy) is 1. The third-order valence-electron chi connectivity index (χ3n) is 4.20. The molecule has 0 radical (unpaired) electrons. The predicted molar refractivity (Wildman–Crippen MR) is 99.7 cm³/mol. The van der Waals surface area contributed by atoms with Crippen LogP contribution < -0.4 is 10.0 Å². The van der Waals surface area contributed by atoms with Crippen molar-refractivity contribution in [1.82, 2.24) is 4.72 Å². The van der Waals surface area contributed by atoms with Crippen LogP contribution in [0.15, 0.2) is 53.4 Å². The Kier molecular flexibility index (Phi) is 5.86. The number of anilines is 1. The van der Waals surface area contributed by atoms with Gasteiger partial charge >= 0.3 is 0 Å². The fraction of sp³-hybridized carbons (Fsp3) is 0.263. The lowest BCUT2D eigenvalue weighted by Crippen LogP contribution is -2.31. The van der Waals surface area contributed by atoms with Crippen molar-refractivity contribution in [2.75, 3.05) is 18.5 Å². The summed E-state index contributed by atoms with van der Waals surface area (Å²) >= 11 is 0. The maximum Gasteiger partial charge on any atom is 0.255 e. The fourth-order valence-electron chi connectivity index (χ4n) is 2.75. The van der Waals surface area contributed by atoms with Crippen LogP contribution in [0.2, 0.25) is 0 Å². The van der Waals surface area contributed by atoms with Crippen LogP contribution in [0.25, 0.3) is 0 Å². The summed E-state index contributed by atoms with van der Waals surface area (Å²) in [6.07, 6.45) is 1.69. The van der Waals surface area contributed by atoms with E-state index in [0.29, 0.717) is 23.4 Å². The summed E-state index contributed by atoms with van der Waals surface area (Å²) in [5, 5.41) is 11.6. The van der Waals surface area contributed by atoms with Crippen molar-refractivity contribution >= 4 is 21.6 Å². The third-order valence-corrected chi connectivity index (χ3v) is 5.64. The summed E-state index contributed by atoms with van der Waals surface area (Å²) in [5.74, 6) is -0.388. The molecule has 1 atom stereocenters. The van der Waals surface area contributed by atoms with Gasteiger partial charge in [-0.2, -0.15) is 5.26 Å². The van der Waals surface area contributed by atoms with Crippen molar-refractivity contribution in [1.29, 1.82) is 5.26 Å². The number of hydrogen-bond donors (Lipinski definition) is 2. The predicted octanol–water partition coefficient (Wildman–Crippen LogP) is 2.27. The number of hydrogen-bond acceptors (Lipinski definition) is 5.